The second-order valence-electron chi connectivity index (χ2n) is 3.76. The molecule has 21 heavy (non-hydrogen) atoms. The Morgan fingerprint density at radius 1 is 1.43 bits per heavy atom. The van der Waals surface area contributed by atoms with Gasteiger partial charge in [0.05, 0.1) is 37.3 Å². The number of rotatable bonds is 6. The molecule has 0 unspecified atom stereocenters. The van der Waals surface area contributed by atoms with Crippen molar-refractivity contribution in [3.8, 4) is 11.6 Å². The first-order valence-electron chi connectivity index (χ1n) is 5.84. The monoisotopic (exact) mass is 327 g/mol. The average Bonchev–Trinajstić information content (AvgIpc) is 2.36. The minimum Gasteiger partial charge on any atom is -0.481 e. The summed E-state index contributed by atoms with van der Waals surface area (Å²) in [5.41, 5.74) is -0.0254. The third kappa shape index (κ3) is 5.30. The summed E-state index contributed by atoms with van der Waals surface area (Å²) < 4.78 is 50.6. The van der Waals surface area contributed by atoms with Gasteiger partial charge in [-0.25, -0.2) is 4.98 Å². The predicted molar refractivity (Wildman–Crippen MR) is 67.4 cm³/mol. The first kappa shape index (κ1) is 17.4. The maximum Gasteiger partial charge on any atom is 0.573 e. The van der Waals surface area contributed by atoms with E-state index in [0.29, 0.717) is 0 Å². The summed E-state index contributed by atoms with van der Waals surface area (Å²) >= 11 is 5.59. The molecule has 0 aliphatic rings. The lowest BCUT2D eigenvalue weighted by atomic mass is 10.2. The number of methoxy groups -OCH3 is 1. The number of halogens is 4. The van der Waals surface area contributed by atoms with E-state index in [0.717, 1.165) is 6.07 Å². The zero-order valence-electron chi connectivity index (χ0n) is 11.3. The second-order valence-corrected chi connectivity index (χ2v) is 4.03. The Kier molecular flexibility index (Phi) is 6.07. The highest BCUT2D eigenvalue weighted by atomic mass is 35.5. The zero-order chi connectivity index (χ0) is 16.0. The van der Waals surface area contributed by atoms with Gasteiger partial charge in [-0.15, -0.1) is 24.8 Å². The smallest absolute Gasteiger partial charge is 0.481 e. The molecular weight excluding hydrogens is 315 g/mol. The number of carbonyl (C=O) groups is 1. The normalized spacial score (nSPS) is 11.1. The summed E-state index contributed by atoms with van der Waals surface area (Å²) in [5.74, 6) is -1.60. The van der Waals surface area contributed by atoms with E-state index in [1.807, 2.05) is 0 Å². The highest BCUT2D eigenvalue weighted by Crippen LogP contribution is 2.33. The molecule has 0 aliphatic heterocycles. The molecule has 9 heteroatoms. The summed E-state index contributed by atoms with van der Waals surface area (Å²) in [6, 6.07) is 0.991. The van der Waals surface area contributed by atoms with E-state index in [1.165, 1.54) is 7.11 Å². The molecule has 0 spiro atoms. The molecular formula is C12H13ClF3NO4. The van der Waals surface area contributed by atoms with Gasteiger partial charge in [-0.05, 0) is 6.92 Å². The maximum atomic E-state index is 12.4. The topological polar surface area (TPSA) is 57.7 Å². The minimum absolute atomic E-state index is 0.0263. The third-order valence-corrected chi connectivity index (χ3v) is 2.55. The molecule has 0 aliphatic carbocycles. The molecule has 5 nitrogen and oxygen atoms in total. The van der Waals surface area contributed by atoms with Gasteiger partial charge in [-0.2, -0.15) is 0 Å². The largest absolute Gasteiger partial charge is 0.573 e. The fourth-order valence-electron chi connectivity index (χ4n) is 1.53. The van der Waals surface area contributed by atoms with Crippen LogP contribution in [0.5, 0.6) is 11.6 Å². The Bertz CT molecular complexity index is 508. The molecule has 0 fully saturated rings. The molecule has 0 N–H and O–H groups in total. The molecule has 0 radical (unpaired) electrons. The number of hydrogen-bond acceptors (Lipinski definition) is 5. The lowest BCUT2D eigenvalue weighted by Gasteiger charge is -2.15. The van der Waals surface area contributed by atoms with E-state index < -0.39 is 18.1 Å². The maximum absolute atomic E-state index is 12.4. The molecule has 1 aromatic heterocycles. The highest BCUT2D eigenvalue weighted by molar-refractivity contribution is 6.17. The van der Waals surface area contributed by atoms with Gasteiger partial charge < -0.3 is 14.2 Å². The van der Waals surface area contributed by atoms with Gasteiger partial charge in [0.2, 0.25) is 5.88 Å². The fraction of sp³-hybridized carbons (Fsp3) is 0.500. The van der Waals surface area contributed by atoms with E-state index in [9.17, 15) is 18.0 Å². The quantitative estimate of drug-likeness (QED) is 0.594. The van der Waals surface area contributed by atoms with Gasteiger partial charge in [-0.1, -0.05) is 0 Å². The van der Waals surface area contributed by atoms with Crippen LogP contribution in [0, 0.1) is 0 Å². The Morgan fingerprint density at radius 2 is 2.10 bits per heavy atom. The molecule has 0 bridgehead atoms. The zero-order valence-corrected chi connectivity index (χ0v) is 12.0. The van der Waals surface area contributed by atoms with Crippen LogP contribution in [0.25, 0.3) is 0 Å². The molecule has 0 saturated heterocycles. The molecule has 0 atom stereocenters. The summed E-state index contributed by atoms with van der Waals surface area (Å²) in [6.07, 6.45) is -5.20. The van der Waals surface area contributed by atoms with Crippen LogP contribution in [-0.4, -0.2) is 31.0 Å². The van der Waals surface area contributed by atoms with E-state index in [2.05, 4.69) is 9.72 Å². The number of nitrogens with zero attached hydrogens (tertiary/aromatic N) is 1. The number of pyridine rings is 1. The van der Waals surface area contributed by atoms with Crippen LogP contribution in [0.1, 0.15) is 18.2 Å². The van der Waals surface area contributed by atoms with E-state index in [-0.39, 0.29) is 36.0 Å². The second kappa shape index (κ2) is 7.35. The SMILES string of the molecule is CCOC(=O)Cc1cc(OC(F)(F)F)c(CCl)c(OC)n1. The van der Waals surface area contributed by atoms with Crippen molar-refractivity contribution < 1.29 is 32.2 Å². The van der Waals surface area contributed by atoms with Crippen LogP contribution >= 0.6 is 11.6 Å². The van der Waals surface area contributed by atoms with Gasteiger partial charge in [0.1, 0.15) is 5.75 Å². The van der Waals surface area contributed by atoms with Gasteiger partial charge in [0.25, 0.3) is 0 Å². The van der Waals surface area contributed by atoms with E-state index in [1.54, 1.807) is 6.92 Å². The summed E-state index contributed by atoms with van der Waals surface area (Å²) in [5, 5.41) is 0. The lowest BCUT2D eigenvalue weighted by Crippen LogP contribution is -2.19. The number of ether oxygens (including phenoxy) is 3. The van der Waals surface area contributed by atoms with Crippen LogP contribution in [0.2, 0.25) is 0 Å². The number of esters is 1. The Labute approximate surface area is 124 Å². The standard InChI is InChI=1S/C12H13ClF3NO4/c1-3-20-10(18)5-7-4-9(21-12(14,15)16)8(6-13)11(17-7)19-2/h4H,3,5-6H2,1-2H3. The summed E-state index contributed by atoms with van der Waals surface area (Å²) in [7, 11) is 1.23. The number of aromatic nitrogens is 1. The number of carbonyl (C=O) groups excluding carboxylic acids is 1. The van der Waals surface area contributed by atoms with Crippen LogP contribution < -0.4 is 9.47 Å². The molecule has 0 amide bonds. The third-order valence-electron chi connectivity index (χ3n) is 2.28. The van der Waals surface area contributed by atoms with Crippen molar-refractivity contribution in [3.05, 3.63) is 17.3 Å². The Morgan fingerprint density at radius 3 is 2.57 bits per heavy atom. The summed E-state index contributed by atoms with van der Waals surface area (Å²) in [6.45, 7) is 1.77. The lowest BCUT2D eigenvalue weighted by molar-refractivity contribution is -0.274. The molecule has 0 saturated carbocycles. The fourth-order valence-corrected chi connectivity index (χ4v) is 1.78. The van der Waals surface area contributed by atoms with Crippen LogP contribution in [0.4, 0.5) is 13.2 Å². The van der Waals surface area contributed by atoms with Crippen molar-refractivity contribution in [1.29, 1.82) is 0 Å². The van der Waals surface area contributed by atoms with Crippen LogP contribution in [-0.2, 0) is 21.8 Å². The molecule has 0 aromatic carbocycles. The Hall–Kier alpha value is -1.70. The van der Waals surface area contributed by atoms with Crippen molar-refractivity contribution in [2.45, 2.75) is 25.6 Å². The molecule has 1 aromatic rings. The predicted octanol–water partition coefficient (Wildman–Crippen LogP) is 2.83. The van der Waals surface area contributed by atoms with Crippen LogP contribution in [0.3, 0.4) is 0 Å². The molecule has 1 rings (SSSR count). The van der Waals surface area contributed by atoms with Crippen molar-refractivity contribution in [2.24, 2.45) is 0 Å². The first-order valence-corrected chi connectivity index (χ1v) is 6.38. The van der Waals surface area contributed by atoms with Crippen molar-refractivity contribution in [3.63, 3.8) is 0 Å². The van der Waals surface area contributed by atoms with Gasteiger partial charge in [0, 0.05) is 6.07 Å². The number of hydrogen-bond donors (Lipinski definition) is 0. The van der Waals surface area contributed by atoms with Crippen molar-refractivity contribution in [2.75, 3.05) is 13.7 Å². The van der Waals surface area contributed by atoms with Crippen LogP contribution in [0.15, 0.2) is 6.07 Å². The first-order chi connectivity index (χ1) is 9.80. The molecule has 1 heterocycles. The number of alkyl halides is 4. The Balaban J connectivity index is 3.16. The summed E-state index contributed by atoms with van der Waals surface area (Å²) in [4.78, 5) is 15.3. The van der Waals surface area contributed by atoms with Gasteiger partial charge >= 0.3 is 12.3 Å². The highest BCUT2D eigenvalue weighted by Gasteiger charge is 2.33. The van der Waals surface area contributed by atoms with E-state index >= 15 is 0 Å². The minimum atomic E-state index is -4.89. The van der Waals surface area contributed by atoms with Gasteiger partial charge in [-0.3, -0.25) is 4.79 Å². The van der Waals surface area contributed by atoms with E-state index in [4.69, 9.17) is 21.1 Å². The average molecular weight is 328 g/mol. The molecule has 118 valence electrons. The van der Waals surface area contributed by atoms with Crippen molar-refractivity contribution >= 4 is 17.6 Å². The van der Waals surface area contributed by atoms with Gasteiger partial charge in [0.15, 0.2) is 0 Å². The van der Waals surface area contributed by atoms with Crippen molar-refractivity contribution in [1.82, 2.24) is 4.98 Å².